The summed E-state index contributed by atoms with van der Waals surface area (Å²) in [6.07, 6.45) is 5.03. The van der Waals surface area contributed by atoms with Crippen LogP contribution in [0.15, 0.2) is 76.4 Å². The van der Waals surface area contributed by atoms with Crippen LogP contribution in [0.3, 0.4) is 0 Å². The van der Waals surface area contributed by atoms with Crippen LogP contribution in [-0.4, -0.2) is 37.6 Å². The van der Waals surface area contributed by atoms with Crippen molar-refractivity contribution in [2.24, 2.45) is 0 Å². The average molecular weight is 589 g/mol. The van der Waals surface area contributed by atoms with Crippen LogP contribution >= 0.6 is 11.8 Å². The molecule has 1 amide bonds. The number of halogens is 1. The van der Waals surface area contributed by atoms with Gasteiger partial charge < -0.3 is 10.1 Å². The summed E-state index contributed by atoms with van der Waals surface area (Å²) in [6.45, 7) is 0.451. The summed E-state index contributed by atoms with van der Waals surface area (Å²) in [7, 11) is 0. The lowest BCUT2D eigenvalue weighted by atomic mass is 9.90. The Morgan fingerprint density at radius 1 is 0.929 bits per heavy atom. The molecule has 2 aliphatic rings. The van der Waals surface area contributed by atoms with Gasteiger partial charge in [0.1, 0.15) is 23.8 Å². The van der Waals surface area contributed by atoms with Crippen molar-refractivity contribution in [1.29, 1.82) is 0 Å². The minimum Gasteiger partial charge on any atom is -0.489 e. The van der Waals surface area contributed by atoms with E-state index in [0.717, 1.165) is 36.1 Å². The molecule has 42 heavy (non-hydrogen) atoms. The lowest BCUT2D eigenvalue weighted by Gasteiger charge is -2.31. The quantitative estimate of drug-likeness (QED) is 0.317. The Balaban J connectivity index is 1.13. The van der Waals surface area contributed by atoms with Gasteiger partial charge >= 0.3 is 5.69 Å². The van der Waals surface area contributed by atoms with E-state index in [9.17, 15) is 18.8 Å². The van der Waals surface area contributed by atoms with Crippen LogP contribution in [0, 0.1) is 5.82 Å². The van der Waals surface area contributed by atoms with Gasteiger partial charge in [0.2, 0.25) is 0 Å². The number of thioether (sulfide) groups is 1. The van der Waals surface area contributed by atoms with Crippen molar-refractivity contribution in [2.45, 2.75) is 63.3 Å². The highest BCUT2D eigenvalue weighted by atomic mass is 32.2. The van der Waals surface area contributed by atoms with E-state index in [1.54, 1.807) is 28.8 Å². The van der Waals surface area contributed by atoms with Crippen LogP contribution < -0.4 is 21.3 Å². The van der Waals surface area contributed by atoms with Crippen molar-refractivity contribution in [2.75, 3.05) is 11.5 Å². The minimum absolute atomic E-state index is 0.0724. The van der Waals surface area contributed by atoms with E-state index >= 15 is 0 Å². The van der Waals surface area contributed by atoms with Gasteiger partial charge in [-0.05, 0) is 85.9 Å². The molecule has 1 N–H and O–H groups in total. The van der Waals surface area contributed by atoms with E-state index in [1.807, 2.05) is 42.1 Å². The van der Waals surface area contributed by atoms with Gasteiger partial charge in [-0.2, -0.15) is 11.8 Å². The highest BCUT2D eigenvalue weighted by Gasteiger charge is 2.29. The molecule has 10 heteroatoms. The van der Waals surface area contributed by atoms with Crippen LogP contribution in [0.5, 0.6) is 5.75 Å². The number of fused-ring (bicyclic) bond motifs is 1. The SMILES string of the molecule is O=C(N[C@H]1CC[C@@H](n2c(=O)c3cc(F)cnc3n(C3CCSCC3)c2=O)CC1)c1ccc(OCc2ccccc2)cc1. The van der Waals surface area contributed by atoms with Crippen molar-refractivity contribution >= 4 is 28.7 Å². The Morgan fingerprint density at radius 3 is 2.33 bits per heavy atom. The highest BCUT2D eigenvalue weighted by Crippen LogP contribution is 2.30. The molecule has 2 fully saturated rings. The first kappa shape index (κ1) is 28.2. The molecule has 0 spiro atoms. The maximum Gasteiger partial charge on any atom is 0.333 e. The number of ether oxygens (including phenoxy) is 1. The van der Waals surface area contributed by atoms with Crippen molar-refractivity contribution < 1.29 is 13.9 Å². The molecule has 1 saturated heterocycles. The summed E-state index contributed by atoms with van der Waals surface area (Å²) in [6, 6.07) is 17.7. The molecule has 8 nitrogen and oxygen atoms in total. The molecule has 1 aliphatic carbocycles. The van der Waals surface area contributed by atoms with E-state index in [2.05, 4.69) is 10.3 Å². The number of nitrogens with one attached hydrogen (secondary N) is 1. The van der Waals surface area contributed by atoms with Crippen LogP contribution in [0.25, 0.3) is 11.0 Å². The third kappa shape index (κ3) is 5.99. The standard InChI is InChI=1S/C32H33FN4O4S/c33-23-18-28-29(34-19-23)36(26-14-16-42-17-15-26)32(40)37(31(28)39)25-10-8-24(9-11-25)35-30(38)22-6-12-27(13-7-22)41-20-21-4-2-1-3-5-21/h1-7,12-13,18-19,24-26H,8-11,14-17,20H2,(H,35,38)/t24-,25+. The second-order valence-corrected chi connectivity index (χ2v) is 12.2. The van der Waals surface area contributed by atoms with Crippen molar-refractivity contribution in [3.05, 3.63) is 105 Å². The fraction of sp³-hybridized carbons (Fsp3) is 0.375. The zero-order valence-corrected chi connectivity index (χ0v) is 24.0. The number of carbonyl (C=O) groups excluding carboxylic acids is 1. The Kier molecular flexibility index (Phi) is 8.41. The van der Waals surface area contributed by atoms with Crippen molar-refractivity contribution in [3.63, 3.8) is 0 Å². The summed E-state index contributed by atoms with van der Waals surface area (Å²) >= 11 is 1.84. The van der Waals surface area contributed by atoms with E-state index < -0.39 is 11.4 Å². The molecule has 0 unspecified atom stereocenters. The number of carbonyl (C=O) groups is 1. The second-order valence-electron chi connectivity index (χ2n) is 11.0. The van der Waals surface area contributed by atoms with E-state index in [0.29, 0.717) is 43.6 Å². The lowest BCUT2D eigenvalue weighted by molar-refractivity contribution is 0.0921. The molecule has 3 heterocycles. The topological polar surface area (TPSA) is 95.2 Å². The zero-order chi connectivity index (χ0) is 29.1. The Bertz CT molecular complexity index is 1680. The van der Waals surface area contributed by atoms with Crippen LogP contribution in [0.1, 0.15) is 66.5 Å². The molecule has 2 aromatic carbocycles. The number of pyridine rings is 1. The fourth-order valence-electron chi connectivity index (χ4n) is 5.99. The van der Waals surface area contributed by atoms with Gasteiger partial charge in [-0.25, -0.2) is 14.2 Å². The Hall–Kier alpha value is -3.92. The summed E-state index contributed by atoms with van der Waals surface area (Å²) in [5, 5.41) is 3.24. The molecule has 1 saturated carbocycles. The van der Waals surface area contributed by atoms with Crippen LogP contribution in [0.2, 0.25) is 0 Å². The third-order valence-corrected chi connectivity index (χ3v) is 9.29. The van der Waals surface area contributed by atoms with Gasteiger partial charge in [0.15, 0.2) is 0 Å². The smallest absolute Gasteiger partial charge is 0.333 e. The Morgan fingerprint density at radius 2 is 1.62 bits per heavy atom. The summed E-state index contributed by atoms with van der Waals surface area (Å²) in [5.74, 6) is 1.76. The molecule has 1 aliphatic heterocycles. The predicted molar refractivity (Wildman–Crippen MR) is 162 cm³/mol. The van der Waals surface area contributed by atoms with Gasteiger partial charge in [-0.3, -0.25) is 18.7 Å². The van der Waals surface area contributed by atoms with Crippen molar-refractivity contribution in [1.82, 2.24) is 19.4 Å². The summed E-state index contributed by atoms with van der Waals surface area (Å²) in [4.78, 5) is 44.4. The average Bonchev–Trinajstić information content (AvgIpc) is 3.02. The Labute approximate surface area is 246 Å². The van der Waals surface area contributed by atoms with Gasteiger partial charge in [0, 0.05) is 23.7 Å². The first-order chi connectivity index (χ1) is 20.5. The van der Waals surface area contributed by atoms with Crippen LogP contribution in [-0.2, 0) is 6.61 Å². The first-order valence-electron chi connectivity index (χ1n) is 14.5. The summed E-state index contributed by atoms with van der Waals surface area (Å²) < 4.78 is 22.9. The number of rotatable bonds is 7. The lowest BCUT2D eigenvalue weighted by Crippen LogP contribution is -2.46. The minimum atomic E-state index is -0.599. The maximum absolute atomic E-state index is 14.2. The first-order valence-corrected chi connectivity index (χ1v) is 15.6. The van der Waals surface area contributed by atoms with Crippen molar-refractivity contribution in [3.8, 4) is 5.75 Å². The highest BCUT2D eigenvalue weighted by molar-refractivity contribution is 7.99. The third-order valence-electron chi connectivity index (χ3n) is 8.24. The van der Waals surface area contributed by atoms with E-state index in [4.69, 9.17) is 4.74 Å². The van der Waals surface area contributed by atoms with Crippen LogP contribution in [0.4, 0.5) is 4.39 Å². The maximum atomic E-state index is 14.2. The molecule has 4 aromatic rings. The molecule has 0 radical (unpaired) electrons. The molecular weight excluding hydrogens is 555 g/mol. The van der Waals surface area contributed by atoms with Gasteiger partial charge in [0.05, 0.1) is 11.6 Å². The van der Waals surface area contributed by atoms with Gasteiger partial charge in [0.25, 0.3) is 11.5 Å². The normalized spacial score (nSPS) is 19.5. The zero-order valence-electron chi connectivity index (χ0n) is 23.2. The predicted octanol–water partition coefficient (Wildman–Crippen LogP) is 5.26. The monoisotopic (exact) mass is 588 g/mol. The fourth-order valence-corrected chi connectivity index (χ4v) is 7.07. The molecule has 2 aromatic heterocycles. The van der Waals surface area contributed by atoms with Gasteiger partial charge in [-0.15, -0.1) is 0 Å². The largest absolute Gasteiger partial charge is 0.489 e. The number of benzene rings is 2. The number of nitrogens with zero attached hydrogens (tertiary/aromatic N) is 3. The summed E-state index contributed by atoms with van der Waals surface area (Å²) in [5.41, 5.74) is 1.00. The number of amides is 1. The number of hydrogen-bond acceptors (Lipinski definition) is 6. The van der Waals surface area contributed by atoms with Gasteiger partial charge in [-0.1, -0.05) is 30.3 Å². The molecule has 6 rings (SSSR count). The molecule has 0 atom stereocenters. The van der Waals surface area contributed by atoms with E-state index in [-0.39, 0.29) is 40.8 Å². The van der Waals surface area contributed by atoms with E-state index in [1.165, 1.54) is 10.6 Å². The molecule has 0 bridgehead atoms. The second kappa shape index (κ2) is 12.5. The number of hydrogen-bond donors (Lipinski definition) is 1. The molecule has 218 valence electrons. The molecular formula is C32H33FN4O4S. The number of aromatic nitrogens is 3.